The number of ketones is 1. The summed E-state index contributed by atoms with van der Waals surface area (Å²) in [5.41, 5.74) is 2.90. The van der Waals surface area contributed by atoms with Crippen molar-refractivity contribution in [2.45, 2.75) is 88.9 Å². The highest BCUT2D eigenvalue weighted by atomic mass is 16.6. The van der Waals surface area contributed by atoms with Crippen LogP contribution in [0.25, 0.3) is 0 Å². The molecule has 2 heterocycles. The Labute approximate surface area is 160 Å². The molecule has 0 aromatic rings. The van der Waals surface area contributed by atoms with Gasteiger partial charge in [-0.1, -0.05) is 25.0 Å². The van der Waals surface area contributed by atoms with Gasteiger partial charge in [-0.05, 0) is 50.4 Å². The lowest BCUT2D eigenvalue weighted by Gasteiger charge is -2.56. The molecule has 0 aromatic carbocycles. The van der Waals surface area contributed by atoms with Crippen LogP contribution in [0.5, 0.6) is 0 Å². The van der Waals surface area contributed by atoms with Crippen LogP contribution in [0.4, 0.5) is 0 Å². The molecule has 0 aromatic heterocycles. The fourth-order valence-corrected chi connectivity index (χ4v) is 9.04. The molecule has 4 heteroatoms. The molecule has 2 aliphatic heterocycles. The molecule has 0 amide bonds. The lowest BCUT2D eigenvalue weighted by Crippen LogP contribution is -2.60. The van der Waals surface area contributed by atoms with Crippen molar-refractivity contribution in [1.29, 1.82) is 0 Å². The topological polar surface area (TPSA) is 55.9 Å². The summed E-state index contributed by atoms with van der Waals surface area (Å²) < 4.78 is 12.8. The Balaban J connectivity index is 1.36. The van der Waals surface area contributed by atoms with Crippen molar-refractivity contribution in [2.75, 3.05) is 0 Å². The Morgan fingerprint density at radius 1 is 1.07 bits per heavy atom. The number of carbonyl (C=O) groups is 2. The van der Waals surface area contributed by atoms with Gasteiger partial charge >= 0.3 is 5.97 Å². The molecule has 27 heavy (non-hydrogen) atoms. The highest BCUT2D eigenvalue weighted by molar-refractivity contribution is 5.84. The Kier molecular flexibility index (Phi) is 2.46. The van der Waals surface area contributed by atoms with Crippen molar-refractivity contribution >= 4 is 11.8 Å². The zero-order valence-electron chi connectivity index (χ0n) is 16.3. The van der Waals surface area contributed by atoms with Gasteiger partial charge in [0.1, 0.15) is 17.0 Å². The van der Waals surface area contributed by atoms with Crippen LogP contribution in [-0.4, -0.2) is 29.1 Å². The smallest absolute Gasteiger partial charge is 0.306 e. The second kappa shape index (κ2) is 4.22. The average molecular weight is 368 g/mol. The average Bonchev–Trinajstić information content (AvgIpc) is 3.49. The molecule has 5 aliphatic carbocycles. The molecule has 7 rings (SSSR count). The third-order valence-electron chi connectivity index (χ3n) is 10.4. The first-order valence-electron chi connectivity index (χ1n) is 11.0. The van der Waals surface area contributed by atoms with Gasteiger partial charge in [-0.25, -0.2) is 0 Å². The first kappa shape index (κ1) is 15.7. The highest BCUT2D eigenvalue weighted by Gasteiger charge is 2.84. The minimum Gasteiger partial charge on any atom is -0.458 e. The molecule has 2 spiro atoms. The van der Waals surface area contributed by atoms with Crippen molar-refractivity contribution in [2.24, 2.45) is 28.6 Å². The zero-order valence-corrected chi connectivity index (χ0v) is 16.3. The quantitative estimate of drug-likeness (QED) is 0.371. The number of rotatable bonds is 0. The molecule has 0 N–H and O–H groups in total. The highest BCUT2D eigenvalue weighted by Crippen LogP contribution is 2.81. The summed E-state index contributed by atoms with van der Waals surface area (Å²) in [5, 5.41) is 0. The number of hydrogen-bond donors (Lipinski definition) is 0. The van der Waals surface area contributed by atoms with Crippen LogP contribution in [0.2, 0.25) is 0 Å². The predicted octanol–water partition coefficient (Wildman–Crippen LogP) is 3.73. The molecule has 7 aliphatic rings. The monoisotopic (exact) mass is 368 g/mol. The van der Waals surface area contributed by atoms with Crippen molar-refractivity contribution in [1.82, 2.24) is 0 Å². The van der Waals surface area contributed by atoms with E-state index in [1.165, 1.54) is 18.4 Å². The third-order valence-corrected chi connectivity index (χ3v) is 10.4. The van der Waals surface area contributed by atoms with E-state index >= 15 is 0 Å². The van der Waals surface area contributed by atoms with E-state index < -0.39 is 0 Å². The number of carbonyl (C=O) groups excluding carboxylic acids is 2. The number of fused-ring (bicyclic) bond motifs is 6. The van der Waals surface area contributed by atoms with Crippen LogP contribution in [-0.2, 0) is 19.1 Å². The normalized spacial score (nSPS) is 59.6. The van der Waals surface area contributed by atoms with Crippen LogP contribution in [0.1, 0.15) is 71.6 Å². The van der Waals surface area contributed by atoms with Crippen molar-refractivity contribution in [3.05, 3.63) is 11.1 Å². The predicted molar refractivity (Wildman–Crippen MR) is 96.7 cm³/mol. The van der Waals surface area contributed by atoms with Crippen molar-refractivity contribution in [3.63, 3.8) is 0 Å². The molecular formula is C23H28O4. The molecule has 144 valence electrons. The second-order valence-corrected chi connectivity index (χ2v) is 11.0. The van der Waals surface area contributed by atoms with E-state index in [9.17, 15) is 9.59 Å². The number of epoxide rings is 1. The summed E-state index contributed by atoms with van der Waals surface area (Å²) in [6, 6.07) is 0. The number of esters is 1. The van der Waals surface area contributed by atoms with Crippen molar-refractivity contribution in [3.8, 4) is 0 Å². The lowest BCUT2D eigenvalue weighted by molar-refractivity contribution is -0.164. The standard InChI is InChI=1S/C23H28O4/c1-20-6-3-12(24)9-16(20)13-10-14(13)19-15-4-7-22(8-5-18(25)27-22)21(15,2)11-17-23(19,20)26-17/h14-15,17,19H,3-11H2,1-2H3/t14-,15-,17?,19-,20-,21-,22+,23+/m0/s1. The molecule has 8 atom stereocenters. The number of ether oxygens (including phenoxy) is 2. The Bertz CT molecular complexity index is 858. The van der Waals surface area contributed by atoms with Gasteiger partial charge in [0.05, 0.1) is 6.10 Å². The zero-order chi connectivity index (χ0) is 18.4. The van der Waals surface area contributed by atoms with E-state index in [2.05, 4.69) is 13.8 Å². The molecule has 6 fully saturated rings. The summed E-state index contributed by atoms with van der Waals surface area (Å²) in [7, 11) is 0. The number of hydrogen-bond acceptors (Lipinski definition) is 4. The van der Waals surface area contributed by atoms with E-state index in [0.29, 0.717) is 42.8 Å². The van der Waals surface area contributed by atoms with Gasteiger partial charge in [-0.15, -0.1) is 0 Å². The largest absolute Gasteiger partial charge is 0.458 e. The summed E-state index contributed by atoms with van der Waals surface area (Å²) in [5.74, 6) is 2.20. The molecule has 0 radical (unpaired) electrons. The molecule has 1 unspecified atom stereocenters. The molecule has 4 saturated carbocycles. The minimum atomic E-state index is -0.241. The van der Waals surface area contributed by atoms with Gasteiger partial charge in [-0.3, -0.25) is 9.59 Å². The number of Topliss-reactive ketones (excluding diaryl/α,β-unsaturated/α-hetero) is 1. The van der Waals surface area contributed by atoms with Crippen molar-refractivity contribution < 1.29 is 19.1 Å². The van der Waals surface area contributed by atoms with E-state index in [4.69, 9.17) is 9.47 Å². The van der Waals surface area contributed by atoms with Gasteiger partial charge in [0.15, 0.2) is 0 Å². The first-order valence-corrected chi connectivity index (χ1v) is 11.0. The maximum atomic E-state index is 12.2. The lowest BCUT2D eigenvalue weighted by atomic mass is 9.46. The Morgan fingerprint density at radius 3 is 2.70 bits per heavy atom. The number of allylic oxidation sites excluding steroid dienone is 1. The van der Waals surface area contributed by atoms with E-state index in [-0.39, 0.29) is 34.1 Å². The van der Waals surface area contributed by atoms with Gasteiger partial charge in [0, 0.05) is 36.0 Å². The molecular weight excluding hydrogens is 340 g/mol. The van der Waals surface area contributed by atoms with Gasteiger partial charge in [0.25, 0.3) is 0 Å². The van der Waals surface area contributed by atoms with E-state index in [1.54, 1.807) is 5.57 Å². The third kappa shape index (κ3) is 1.47. The second-order valence-electron chi connectivity index (χ2n) is 11.0. The molecule has 0 bridgehead atoms. The summed E-state index contributed by atoms with van der Waals surface area (Å²) in [6.07, 6.45) is 8.54. The Morgan fingerprint density at radius 2 is 1.93 bits per heavy atom. The fraction of sp³-hybridized carbons (Fsp3) is 0.826. The van der Waals surface area contributed by atoms with E-state index in [1.807, 2.05) is 0 Å². The Hall–Kier alpha value is -1.16. The van der Waals surface area contributed by atoms with E-state index in [0.717, 1.165) is 25.7 Å². The summed E-state index contributed by atoms with van der Waals surface area (Å²) in [6.45, 7) is 4.81. The van der Waals surface area contributed by atoms with Gasteiger partial charge < -0.3 is 9.47 Å². The minimum absolute atomic E-state index is 0.00104. The fourth-order valence-electron chi connectivity index (χ4n) is 9.04. The summed E-state index contributed by atoms with van der Waals surface area (Å²) in [4.78, 5) is 24.3. The summed E-state index contributed by atoms with van der Waals surface area (Å²) >= 11 is 0. The maximum absolute atomic E-state index is 12.2. The van der Waals surface area contributed by atoms with Gasteiger partial charge in [-0.2, -0.15) is 0 Å². The molecule has 2 saturated heterocycles. The van der Waals surface area contributed by atoms with Crippen LogP contribution in [0.15, 0.2) is 11.1 Å². The molecule has 4 nitrogen and oxygen atoms in total. The SMILES string of the molecule is C[C@]12CCC(=O)CC1=C1C[C@@H]1[C@H]1[C@@H]3CC[C@@]4(CCC(=O)O4)[C@@]3(C)CC3O[C@]312. The van der Waals surface area contributed by atoms with Crippen LogP contribution >= 0.6 is 0 Å². The van der Waals surface area contributed by atoms with Crippen LogP contribution in [0.3, 0.4) is 0 Å². The van der Waals surface area contributed by atoms with Crippen LogP contribution < -0.4 is 0 Å². The van der Waals surface area contributed by atoms with Crippen LogP contribution in [0, 0.1) is 28.6 Å². The van der Waals surface area contributed by atoms with Gasteiger partial charge in [0.2, 0.25) is 0 Å². The first-order chi connectivity index (χ1) is 12.8. The maximum Gasteiger partial charge on any atom is 0.306 e.